The molecule has 46 heavy (non-hydrogen) atoms. The predicted octanol–water partition coefficient (Wildman–Crippen LogP) is 10.4. The Hall–Kier alpha value is -6.33. The lowest BCUT2D eigenvalue weighted by atomic mass is 9.99. The summed E-state index contributed by atoms with van der Waals surface area (Å²) in [5.74, 6) is 1.91. The number of oxazole rings is 1. The lowest BCUT2D eigenvalue weighted by Crippen LogP contribution is -2.00. The maximum atomic E-state index is 6.54. The van der Waals surface area contributed by atoms with Crippen molar-refractivity contribution in [2.24, 2.45) is 0 Å². The smallest absolute Gasteiger partial charge is 0.213 e. The summed E-state index contributed by atoms with van der Waals surface area (Å²) in [5.41, 5.74) is 11.1. The number of benzene rings is 6. The van der Waals surface area contributed by atoms with Crippen molar-refractivity contribution >= 4 is 27.7 Å². The van der Waals surface area contributed by atoms with E-state index < -0.39 is 0 Å². The number of para-hydroxylation sites is 2. The molecule has 0 saturated carbocycles. The van der Waals surface area contributed by atoms with Crippen LogP contribution in [0.25, 0.3) is 84.1 Å². The molecule has 216 valence electrons. The van der Waals surface area contributed by atoms with Crippen LogP contribution in [-0.4, -0.2) is 19.4 Å². The highest BCUT2D eigenvalue weighted by atomic mass is 16.3. The molecule has 0 saturated heterocycles. The van der Waals surface area contributed by atoms with Crippen LogP contribution in [-0.2, 0) is 0 Å². The van der Waals surface area contributed by atoms with Gasteiger partial charge in [-0.25, -0.2) is 15.0 Å². The topological polar surface area (TPSA) is 56.2 Å². The molecule has 0 bridgehead atoms. The summed E-state index contributed by atoms with van der Waals surface area (Å²) >= 11 is 0. The number of fused-ring (bicyclic) bond motifs is 5. The molecule has 3 heterocycles. The van der Waals surface area contributed by atoms with E-state index in [1.807, 2.05) is 78.9 Å². The van der Waals surface area contributed by atoms with Gasteiger partial charge in [0.15, 0.2) is 23.1 Å². The summed E-state index contributed by atoms with van der Waals surface area (Å²) in [6.07, 6.45) is 0. The molecule has 0 unspecified atom stereocenters. The molecule has 9 rings (SSSR count). The third-order valence-electron chi connectivity index (χ3n) is 8.47. The first kappa shape index (κ1) is 26.1. The Morgan fingerprint density at radius 1 is 0.391 bits per heavy atom. The zero-order valence-corrected chi connectivity index (χ0v) is 24.7. The minimum absolute atomic E-state index is 0.626. The maximum absolute atomic E-state index is 6.54. The lowest BCUT2D eigenvalue weighted by Gasteiger charge is -2.09. The molecule has 9 aromatic rings. The van der Waals surface area contributed by atoms with E-state index in [4.69, 9.17) is 19.4 Å². The third kappa shape index (κ3) is 4.37. The van der Waals surface area contributed by atoms with Gasteiger partial charge in [0.05, 0.1) is 16.6 Å². The van der Waals surface area contributed by atoms with Gasteiger partial charge in [0, 0.05) is 22.1 Å². The average molecular weight is 591 g/mol. The molecular formula is C41H26N4O. The van der Waals surface area contributed by atoms with Crippen LogP contribution in [0.2, 0.25) is 0 Å². The second kappa shape index (κ2) is 10.7. The van der Waals surface area contributed by atoms with Crippen molar-refractivity contribution in [2.75, 3.05) is 0 Å². The van der Waals surface area contributed by atoms with Gasteiger partial charge in [0.2, 0.25) is 5.71 Å². The Morgan fingerprint density at radius 3 is 1.48 bits per heavy atom. The first-order valence-corrected chi connectivity index (χ1v) is 15.3. The first-order valence-electron chi connectivity index (χ1n) is 15.3. The van der Waals surface area contributed by atoms with Gasteiger partial charge in [0.25, 0.3) is 0 Å². The Kier molecular flexibility index (Phi) is 6.06. The van der Waals surface area contributed by atoms with E-state index in [-0.39, 0.29) is 0 Å². The van der Waals surface area contributed by atoms with Crippen molar-refractivity contribution in [3.63, 3.8) is 0 Å². The van der Waals surface area contributed by atoms with Crippen molar-refractivity contribution in [2.45, 2.75) is 0 Å². The minimum Gasteiger partial charge on any atom is -0.438 e. The number of aromatic nitrogens is 4. The molecule has 0 radical (unpaired) electrons. The molecule has 3 aromatic heterocycles. The summed E-state index contributed by atoms with van der Waals surface area (Å²) in [7, 11) is 0. The van der Waals surface area contributed by atoms with Crippen molar-refractivity contribution < 1.29 is 4.42 Å². The molecule has 0 N–H and O–H groups in total. The molecule has 5 heteroatoms. The van der Waals surface area contributed by atoms with Crippen LogP contribution in [0.1, 0.15) is 0 Å². The molecule has 0 fully saturated rings. The Labute approximate surface area is 265 Å². The minimum atomic E-state index is 0.626. The summed E-state index contributed by atoms with van der Waals surface area (Å²) in [6.45, 7) is 0. The molecular weight excluding hydrogens is 564 g/mol. The lowest BCUT2D eigenvalue weighted by molar-refractivity contribution is 0.658. The van der Waals surface area contributed by atoms with E-state index in [0.717, 1.165) is 61.1 Å². The molecule has 0 aliphatic carbocycles. The van der Waals surface area contributed by atoms with E-state index in [0.29, 0.717) is 17.5 Å². The van der Waals surface area contributed by atoms with Gasteiger partial charge < -0.3 is 4.42 Å². The number of rotatable bonds is 5. The van der Waals surface area contributed by atoms with Crippen LogP contribution in [0.4, 0.5) is 0 Å². The number of hydrogen-bond acceptors (Lipinski definition) is 4. The average Bonchev–Trinajstić information content (AvgIpc) is 3.67. The fourth-order valence-electron chi connectivity index (χ4n) is 6.25. The normalized spacial score (nSPS) is 11.5. The maximum Gasteiger partial charge on any atom is 0.213 e. The quantitative estimate of drug-likeness (QED) is 0.200. The predicted molar refractivity (Wildman–Crippen MR) is 185 cm³/mol. The number of nitrogens with zero attached hydrogens (tertiary/aromatic N) is 4. The first-order chi connectivity index (χ1) is 22.8. The summed E-state index contributed by atoms with van der Waals surface area (Å²) < 4.78 is 8.77. The van der Waals surface area contributed by atoms with Gasteiger partial charge in [0.1, 0.15) is 0 Å². The molecule has 6 aromatic carbocycles. The second-order valence-electron chi connectivity index (χ2n) is 11.3. The van der Waals surface area contributed by atoms with E-state index in [1.54, 1.807) is 0 Å². The van der Waals surface area contributed by atoms with Gasteiger partial charge in [-0.1, -0.05) is 133 Å². The van der Waals surface area contributed by atoms with Crippen molar-refractivity contribution in [3.8, 4) is 56.4 Å². The molecule has 0 atom stereocenters. The van der Waals surface area contributed by atoms with Gasteiger partial charge in [-0.3, -0.25) is 4.40 Å². The van der Waals surface area contributed by atoms with Gasteiger partial charge in [-0.15, -0.1) is 0 Å². The molecule has 0 spiro atoms. The van der Waals surface area contributed by atoms with Crippen LogP contribution in [0.15, 0.2) is 162 Å². The van der Waals surface area contributed by atoms with E-state index >= 15 is 0 Å². The van der Waals surface area contributed by atoms with Crippen LogP contribution in [0, 0.1) is 0 Å². The summed E-state index contributed by atoms with van der Waals surface area (Å²) in [5, 5.41) is 1.14. The van der Waals surface area contributed by atoms with E-state index in [2.05, 4.69) is 83.3 Å². The van der Waals surface area contributed by atoms with Crippen molar-refractivity contribution in [1.82, 2.24) is 19.4 Å². The van der Waals surface area contributed by atoms with Crippen LogP contribution in [0.3, 0.4) is 0 Å². The highest BCUT2D eigenvalue weighted by molar-refractivity contribution is 6.08. The van der Waals surface area contributed by atoms with Crippen molar-refractivity contribution in [3.05, 3.63) is 158 Å². The molecule has 0 aliphatic heterocycles. The molecule has 5 nitrogen and oxygen atoms in total. The Balaban J connectivity index is 1.22. The van der Waals surface area contributed by atoms with Gasteiger partial charge in [-0.05, 0) is 41.0 Å². The highest BCUT2D eigenvalue weighted by Crippen LogP contribution is 2.41. The zero-order valence-electron chi connectivity index (χ0n) is 24.7. The fourth-order valence-corrected chi connectivity index (χ4v) is 6.25. The number of hydrogen-bond donors (Lipinski definition) is 0. The zero-order chi connectivity index (χ0) is 30.5. The summed E-state index contributed by atoms with van der Waals surface area (Å²) in [4.78, 5) is 14.7. The van der Waals surface area contributed by atoms with Gasteiger partial charge >= 0.3 is 0 Å². The second-order valence-corrected chi connectivity index (χ2v) is 11.3. The largest absolute Gasteiger partial charge is 0.438 e. The van der Waals surface area contributed by atoms with Crippen molar-refractivity contribution in [1.29, 1.82) is 0 Å². The summed E-state index contributed by atoms with van der Waals surface area (Å²) in [6, 6.07) is 53.9. The SMILES string of the molecule is c1ccc(-c2ccc3c(c2)c(-c2ccc(-c4nc(-c5ccccc5)nc(-c5ccccc5)n4)cc2)c2oc4ccccc4n23)cc1. The van der Waals surface area contributed by atoms with Gasteiger partial charge in [-0.2, -0.15) is 0 Å². The van der Waals surface area contributed by atoms with Crippen LogP contribution in [0.5, 0.6) is 0 Å². The van der Waals surface area contributed by atoms with E-state index in [9.17, 15) is 0 Å². The van der Waals surface area contributed by atoms with Crippen LogP contribution < -0.4 is 0 Å². The fraction of sp³-hybridized carbons (Fsp3) is 0. The molecule has 0 aliphatic rings. The Morgan fingerprint density at radius 2 is 0.870 bits per heavy atom. The van der Waals surface area contributed by atoms with E-state index in [1.165, 1.54) is 5.56 Å². The standard InChI is InChI=1S/C41H26N4O/c1-4-12-27(13-5-1)32-24-25-34-33(26-32)37(41-45(34)35-18-10-11-19-36(35)46-41)28-20-22-31(23-21-28)40-43-38(29-14-6-2-7-15-29)42-39(44-40)30-16-8-3-9-17-30/h1-26H. The monoisotopic (exact) mass is 590 g/mol. The highest BCUT2D eigenvalue weighted by Gasteiger charge is 2.21. The molecule has 0 amide bonds. The third-order valence-corrected chi connectivity index (χ3v) is 8.47. The van der Waals surface area contributed by atoms with Crippen LogP contribution >= 0.6 is 0 Å². The Bertz CT molecular complexity index is 2440.